The lowest BCUT2D eigenvalue weighted by Crippen LogP contribution is -2.41. The van der Waals surface area contributed by atoms with Crippen LogP contribution in [0.15, 0.2) is 18.2 Å². The second-order valence-corrected chi connectivity index (χ2v) is 5.62. The van der Waals surface area contributed by atoms with Gasteiger partial charge in [-0.3, -0.25) is 9.88 Å². The zero-order valence-electron chi connectivity index (χ0n) is 12.4. The minimum absolute atomic E-state index is 0.750. The summed E-state index contributed by atoms with van der Waals surface area (Å²) in [6, 6.07) is 7.08. The highest BCUT2D eigenvalue weighted by molar-refractivity contribution is 5.11. The van der Waals surface area contributed by atoms with E-state index in [1.54, 1.807) is 0 Å². The summed E-state index contributed by atoms with van der Waals surface area (Å²) >= 11 is 0. The lowest BCUT2D eigenvalue weighted by Gasteiger charge is -2.35. The Kier molecular flexibility index (Phi) is 5.31. The second kappa shape index (κ2) is 6.98. The molecule has 19 heavy (non-hydrogen) atoms. The first kappa shape index (κ1) is 14.4. The molecular formula is C15H26N4. The molecule has 0 unspecified atom stereocenters. The van der Waals surface area contributed by atoms with E-state index in [1.165, 1.54) is 31.6 Å². The monoisotopic (exact) mass is 262 g/mol. The zero-order valence-corrected chi connectivity index (χ0v) is 12.4. The summed E-state index contributed by atoms with van der Waals surface area (Å²) in [6.45, 7) is 4.19. The molecule has 1 N–H and O–H groups in total. The number of aromatic nitrogens is 1. The Balaban J connectivity index is 1.86. The van der Waals surface area contributed by atoms with Crippen LogP contribution >= 0.6 is 0 Å². The fourth-order valence-electron chi connectivity index (χ4n) is 2.72. The lowest BCUT2D eigenvalue weighted by atomic mass is 10.0. The number of rotatable bonds is 5. The Morgan fingerprint density at radius 2 is 1.95 bits per heavy atom. The second-order valence-electron chi connectivity index (χ2n) is 5.62. The Morgan fingerprint density at radius 3 is 2.58 bits per heavy atom. The van der Waals surface area contributed by atoms with Crippen LogP contribution in [0.5, 0.6) is 0 Å². The van der Waals surface area contributed by atoms with Crippen molar-refractivity contribution in [3.8, 4) is 0 Å². The van der Waals surface area contributed by atoms with Gasteiger partial charge >= 0.3 is 0 Å². The topological polar surface area (TPSA) is 31.4 Å². The summed E-state index contributed by atoms with van der Waals surface area (Å²) in [4.78, 5) is 9.57. The Labute approximate surface area is 116 Å². The molecule has 1 saturated heterocycles. The van der Waals surface area contributed by atoms with Gasteiger partial charge in [0.15, 0.2) is 0 Å². The SMILES string of the molecule is CNCc1cccc(CN2CCC(N(C)C)CC2)n1. The Morgan fingerprint density at radius 1 is 1.26 bits per heavy atom. The quantitative estimate of drug-likeness (QED) is 0.867. The Hall–Kier alpha value is -0.970. The van der Waals surface area contributed by atoms with Gasteiger partial charge in [-0.1, -0.05) is 6.07 Å². The highest BCUT2D eigenvalue weighted by Gasteiger charge is 2.20. The highest BCUT2D eigenvalue weighted by atomic mass is 15.2. The smallest absolute Gasteiger partial charge is 0.0547 e. The van der Waals surface area contributed by atoms with Crippen molar-refractivity contribution in [3.05, 3.63) is 29.6 Å². The molecule has 2 rings (SSSR count). The van der Waals surface area contributed by atoms with E-state index in [9.17, 15) is 0 Å². The summed E-state index contributed by atoms with van der Waals surface area (Å²) in [5.74, 6) is 0. The van der Waals surface area contributed by atoms with Crippen LogP contribution in [0.2, 0.25) is 0 Å². The van der Waals surface area contributed by atoms with Gasteiger partial charge in [-0.2, -0.15) is 0 Å². The van der Waals surface area contributed by atoms with Gasteiger partial charge in [0.1, 0.15) is 0 Å². The summed E-state index contributed by atoms with van der Waals surface area (Å²) in [6.07, 6.45) is 2.53. The van der Waals surface area contributed by atoms with Crippen molar-refractivity contribution in [1.82, 2.24) is 20.1 Å². The molecule has 0 atom stereocenters. The maximum atomic E-state index is 4.70. The number of nitrogens with one attached hydrogen (secondary N) is 1. The third-order valence-corrected chi connectivity index (χ3v) is 3.90. The number of piperidine rings is 1. The fraction of sp³-hybridized carbons (Fsp3) is 0.667. The van der Waals surface area contributed by atoms with Gasteiger partial charge in [0.05, 0.1) is 11.4 Å². The molecule has 4 nitrogen and oxygen atoms in total. The normalized spacial score (nSPS) is 18.1. The van der Waals surface area contributed by atoms with Gasteiger partial charge in [0.2, 0.25) is 0 Å². The van der Waals surface area contributed by atoms with Gasteiger partial charge in [-0.15, -0.1) is 0 Å². The molecule has 0 radical (unpaired) electrons. The zero-order chi connectivity index (χ0) is 13.7. The number of nitrogens with zero attached hydrogens (tertiary/aromatic N) is 3. The maximum absolute atomic E-state index is 4.70. The number of likely N-dealkylation sites (tertiary alicyclic amines) is 1. The molecule has 0 saturated carbocycles. The predicted molar refractivity (Wildman–Crippen MR) is 79.0 cm³/mol. The van der Waals surface area contributed by atoms with E-state index in [-0.39, 0.29) is 0 Å². The van der Waals surface area contributed by atoms with Crippen LogP contribution in [-0.4, -0.2) is 55.1 Å². The van der Waals surface area contributed by atoms with Crippen LogP contribution in [0, 0.1) is 0 Å². The standard InChI is InChI=1S/C15H26N4/c1-16-11-13-5-4-6-14(17-13)12-19-9-7-15(8-10-19)18(2)3/h4-6,15-16H,7-12H2,1-3H3. The highest BCUT2D eigenvalue weighted by Crippen LogP contribution is 2.16. The molecule has 0 amide bonds. The van der Waals surface area contributed by atoms with Gasteiger partial charge in [0, 0.05) is 32.2 Å². The molecule has 1 aliphatic heterocycles. The van der Waals surface area contributed by atoms with Crippen molar-refractivity contribution < 1.29 is 0 Å². The van der Waals surface area contributed by atoms with Gasteiger partial charge in [-0.05, 0) is 46.1 Å². The molecule has 0 aliphatic carbocycles. The molecular weight excluding hydrogens is 236 g/mol. The van der Waals surface area contributed by atoms with Crippen LogP contribution < -0.4 is 5.32 Å². The summed E-state index contributed by atoms with van der Waals surface area (Å²) in [5, 5.41) is 3.15. The van der Waals surface area contributed by atoms with Gasteiger partial charge < -0.3 is 10.2 Å². The first-order valence-corrected chi connectivity index (χ1v) is 7.17. The van der Waals surface area contributed by atoms with E-state index in [1.807, 2.05) is 7.05 Å². The first-order valence-electron chi connectivity index (χ1n) is 7.17. The predicted octanol–water partition coefficient (Wildman–Crippen LogP) is 1.33. The summed E-state index contributed by atoms with van der Waals surface area (Å²) in [5.41, 5.74) is 2.32. The van der Waals surface area contributed by atoms with E-state index in [0.29, 0.717) is 0 Å². The first-order chi connectivity index (χ1) is 9.19. The average Bonchev–Trinajstić information content (AvgIpc) is 2.40. The van der Waals surface area contributed by atoms with E-state index in [2.05, 4.69) is 47.4 Å². The third kappa shape index (κ3) is 4.27. The largest absolute Gasteiger partial charge is 0.314 e. The van der Waals surface area contributed by atoms with Crippen molar-refractivity contribution in [3.63, 3.8) is 0 Å². The number of hydrogen-bond donors (Lipinski definition) is 1. The van der Waals surface area contributed by atoms with Crippen molar-refractivity contribution >= 4 is 0 Å². The summed E-state index contributed by atoms with van der Waals surface area (Å²) in [7, 11) is 6.33. The van der Waals surface area contributed by atoms with Crippen LogP contribution in [0.4, 0.5) is 0 Å². The van der Waals surface area contributed by atoms with Gasteiger partial charge in [-0.25, -0.2) is 0 Å². The third-order valence-electron chi connectivity index (χ3n) is 3.90. The van der Waals surface area contributed by atoms with E-state index >= 15 is 0 Å². The lowest BCUT2D eigenvalue weighted by molar-refractivity contribution is 0.139. The van der Waals surface area contributed by atoms with Crippen molar-refractivity contribution in [1.29, 1.82) is 0 Å². The van der Waals surface area contributed by atoms with Crippen LogP contribution in [0.25, 0.3) is 0 Å². The fourth-order valence-corrected chi connectivity index (χ4v) is 2.72. The molecule has 1 aromatic heterocycles. The molecule has 4 heteroatoms. The van der Waals surface area contributed by atoms with E-state index in [0.717, 1.165) is 24.8 Å². The molecule has 1 aliphatic rings. The minimum atomic E-state index is 0.750. The Bertz CT molecular complexity index is 383. The van der Waals surface area contributed by atoms with Crippen LogP contribution in [0.1, 0.15) is 24.2 Å². The molecule has 1 aromatic rings. The van der Waals surface area contributed by atoms with Crippen molar-refractivity contribution in [2.45, 2.75) is 32.0 Å². The van der Waals surface area contributed by atoms with Crippen molar-refractivity contribution in [2.75, 3.05) is 34.2 Å². The van der Waals surface area contributed by atoms with E-state index < -0.39 is 0 Å². The minimum Gasteiger partial charge on any atom is -0.314 e. The molecule has 2 heterocycles. The van der Waals surface area contributed by atoms with Crippen LogP contribution in [-0.2, 0) is 13.1 Å². The molecule has 0 aromatic carbocycles. The molecule has 106 valence electrons. The molecule has 0 bridgehead atoms. The van der Waals surface area contributed by atoms with Gasteiger partial charge in [0.25, 0.3) is 0 Å². The average molecular weight is 262 g/mol. The van der Waals surface area contributed by atoms with E-state index in [4.69, 9.17) is 4.98 Å². The van der Waals surface area contributed by atoms with Crippen molar-refractivity contribution in [2.24, 2.45) is 0 Å². The molecule has 0 spiro atoms. The summed E-state index contributed by atoms with van der Waals surface area (Å²) < 4.78 is 0. The maximum Gasteiger partial charge on any atom is 0.0547 e. The molecule has 1 fully saturated rings. The number of hydrogen-bond acceptors (Lipinski definition) is 4. The van der Waals surface area contributed by atoms with Crippen LogP contribution in [0.3, 0.4) is 0 Å². The number of pyridine rings is 1.